The van der Waals surface area contributed by atoms with Gasteiger partial charge in [0.1, 0.15) is 24.9 Å². The van der Waals surface area contributed by atoms with Gasteiger partial charge in [-0.1, -0.05) is 48.5 Å². The number of anilines is 1. The Bertz CT molecular complexity index is 1660. The van der Waals surface area contributed by atoms with Crippen molar-refractivity contribution in [3.05, 3.63) is 123 Å². The van der Waals surface area contributed by atoms with E-state index in [0.717, 1.165) is 11.1 Å². The number of benzene rings is 4. The molecule has 43 heavy (non-hydrogen) atoms. The fraction of sp³-hybridized carbons (Fsp3) is 0.152. The predicted molar refractivity (Wildman–Crippen MR) is 161 cm³/mol. The fourth-order valence-electron chi connectivity index (χ4n) is 4.03. The van der Waals surface area contributed by atoms with Gasteiger partial charge >= 0.3 is 0 Å². The van der Waals surface area contributed by atoms with Crippen molar-refractivity contribution in [3.63, 3.8) is 0 Å². The van der Waals surface area contributed by atoms with Crippen molar-refractivity contribution in [3.8, 4) is 29.1 Å². The molecule has 0 spiro atoms. The Balaban J connectivity index is 1.44. The van der Waals surface area contributed by atoms with Crippen LogP contribution < -0.4 is 24.3 Å². The van der Waals surface area contributed by atoms with Crippen LogP contribution in [0.5, 0.6) is 23.0 Å². The molecule has 4 aromatic carbocycles. The minimum absolute atomic E-state index is 0.179. The number of nitrogens with zero attached hydrogens (tertiary/aromatic N) is 2. The fourth-order valence-corrected chi connectivity index (χ4v) is 4.03. The number of ether oxygens (including phenoxy) is 4. The first-order chi connectivity index (χ1) is 20.9. The summed E-state index contributed by atoms with van der Waals surface area (Å²) in [5.74, 6) is 1.40. The smallest absolute Gasteiger partial charge is 0.271 e. The molecule has 0 aliphatic rings. The quantitative estimate of drug-likeness (QED) is 0.0800. The van der Waals surface area contributed by atoms with E-state index in [9.17, 15) is 20.2 Å². The zero-order chi connectivity index (χ0) is 30.6. The van der Waals surface area contributed by atoms with Crippen molar-refractivity contribution in [1.82, 2.24) is 0 Å². The van der Waals surface area contributed by atoms with E-state index in [2.05, 4.69) is 5.32 Å². The van der Waals surface area contributed by atoms with Crippen LogP contribution in [-0.4, -0.2) is 24.5 Å². The van der Waals surface area contributed by atoms with E-state index >= 15 is 0 Å². The van der Waals surface area contributed by atoms with Crippen LogP contribution >= 0.6 is 0 Å². The Morgan fingerprint density at radius 2 is 1.58 bits per heavy atom. The van der Waals surface area contributed by atoms with Crippen molar-refractivity contribution < 1.29 is 28.7 Å². The Kier molecular flexibility index (Phi) is 10.3. The molecule has 0 heterocycles. The highest BCUT2D eigenvalue weighted by molar-refractivity contribution is 6.09. The third-order valence-electron chi connectivity index (χ3n) is 6.12. The summed E-state index contributed by atoms with van der Waals surface area (Å²) in [5.41, 5.74) is 2.25. The minimum atomic E-state index is -0.705. The van der Waals surface area contributed by atoms with Gasteiger partial charge in [-0.3, -0.25) is 14.9 Å². The van der Waals surface area contributed by atoms with Gasteiger partial charge < -0.3 is 24.3 Å². The lowest BCUT2D eigenvalue weighted by atomic mass is 10.1. The number of carbonyl (C=O) groups excluding carboxylic acids is 1. The molecule has 0 aliphatic carbocycles. The SMILES string of the molecule is CCOc1cc(COc2ccc(/C=C(/C#N)C(=O)Nc3cccc([N+](=O)[O-])c3)cc2OC)ccc1OCc1ccccc1. The molecule has 1 N–H and O–H groups in total. The number of nitro benzene ring substituents is 1. The minimum Gasteiger partial charge on any atom is -0.493 e. The van der Waals surface area contributed by atoms with E-state index in [4.69, 9.17) is 18.9 Å². The van der Waals surface area contributed by atoms with Crippen molar-refractivity contribution in [1.29, 1.82) is 5.26 Å². The van der Waals surface area contributed by atoms with Gasteiger partial charge in [-0.15, -0.1) is 0 Å². The van der Waals surface area contributed by atoms with Crippen LogP contribution in [0.2, 0.25) is 0 Å². The molecular formula is C33H29N3O7. The molecule has 0 fully saturated rings. The van der Waals surface area contributed by atoms with Gasteiger partial charge in [-0.2, -0.15) is 5.26 Å². The van der Waals surface area contributed by atoms with Crippen molar-refractivity contribution in [2.45, 2.75) is 20.1 Å². The number of carbonyl (C=O) groups is 1. The van der Waals surface area contributed by atoms with Crippen LogP contribution in [0.25, 0.3) is 6.08 Å². The Labute approximate surface area is 248 Å². The molecule has 0 saturated carbocycles. The predicted octanol–water partition coefficient (Wildman–Crippen LogP) is 6.71. The van der Waals surface area contributed by atoms with Crippen LogP contribution in [-0.2, 0) is 18.0 Å². The number of non-ortho nitro benzene ring substituents is 1. The summed E-state index contributed by atoms with van der Waals surface area (Å²) in [5, 5.41) is 23.1. The van der Waals surface area contributed by atoms with E-state index in [0.29, 0.717) is 41.8 Å². The number of nitriles is 1. The van der Waals surface area contributed by atoms with E-state index in [1.165, 1.54) is 37.5 Å². The summed E-state index contributed by atoms with van der Waals surface area (Å²) >= 11 is 0. The molecule has 1 amide bonds. The third-order valence-corrected chi connectivity index (χ3v) is 6.12. The molecule has 0 atom stereocenters. The lowest BCUT2D eigenvalue weighted by Crippen LogP contribution is -2.13. The second-order valence-electron chi connectivity index (χ2n) is 9.12. The van der Waals surface area contributed by atoms with Gasteiger partial charge in [-0.05, 0) is 60.0 Å². The summed E-state index contributed by atoms with van der Waals surface area (Å²) in [4.78, 5) is 23.1. The number of hydrogen-bond donors (Lipinski definition) is 1. The van der Waals surface area contributed by atoms with E-state index < -0.39 is 10.8 Å². The lowest BCUT2D eigenvalue weighted by Gasteiger charge is -2.15. The number of hydrogen-bond acceptors (Lipinski definition) is 8. The van der Waals surface area contributed by atoms with Crippen molar-refractivity contribution >= 4 is 23.4 Å². The van der Waals surface area contributed by atoms with Crippen molar-refractivity contribution in [2.24, 2.45) is 0 Å². The zero-order valence-electron chi connectivity index (χ0n) is 23.6. The summed E-state index contributed by atoms with van der Waals surface area (Å²) < 4.78 is 23.3. The van der Waals surface area contributed by atoms with Gasteiger partial charge in [0.2, 0.25) is 0 Å². The summed E-state index contributed by atoms with van der Waals surface area (Å²) in [7, 11) is 1.49. The first-order valence-electron chi connectivity index (χ1n) is 13.3. The maximum atomic E-state index is 12.7. The molecule has 0 aromatic heterocycles. The van der Waals surface area contributed by atoms with Crippen molar-refractivity contribution in [2.75, 3.05) is 19.0 Å². The Hall–Kier alpha value is -5.82. The Morgan fingerprint density at radius 3 is 2.28 bits per heavy atom. The summed E-state index contributed by atoms with van der Waals surface area (Å²) in [6.07, 6.45) is 1.39. The summed E-state index contributed by atoms with van der Waals surface area (Å²) in [6.45, 7) is 3.02. The molecule has 0 unspecified atom stereocenters. The normalized spacial score (nSPS) is 10.8. The first kappa shape index (κ1) is 30.1. The van der Waals surface area contributed by atoms with Crippen LogP contribution in [0.1, 0.15) is 23.6 Å². The van der Waals surface area contributed by atoms with Gasteiger partial charge in [0.25, 0.3) is 11.6 Å². The highest BCUT2D eigenvalue weighted by Crippen LogP contribution is 2.32. The maximum Gasteiger partial charge on any atom is 0.271 e. The molecule has 218 valence electrons. The number of rotatable bonds is 13. The number of nitrogens with one attached hydrogen (secondary N) is 1. The first-order valence-corrected chi connectivity index (χ1v) is 13.3. The van der Waals surface area contributed by atoms with Crippen LogP contribution in [0, 0.1) is 21.4 Å². The second-order valence-corrected chi connectivity index (χ2v) is 9.12. The highest BCUT2D eigenvalue weighted by atomic mass is 16.6. The van der Waals surface area contributed by atoms with E-state index in [1.807, 2.05) is 61.5 Å². The van der Waals surface area contributed by atoms with Gasteiger partial charge in [-0.25, -0.2) is 0 Å². The highest BCUT2D eigenvalue weighted by Gasteiger charge is 2.14. The monoisotopic (exact) mass is 579 g/mol. The molecule has 4 aromatic rings. The van der Waals surface area contributed by atoms with Crippen LogP contribution in [0.3, 0.4) is 0 Å². The molecule has 0 aliphatic heterocycles. The lowest BCUT2D eigenvalue weighted by molar-refractivity contribution is -0.384. The topological polar surface area (TPSA) is 133 Å². The second kappa shape index (κ2) is 14.7. The van der Waals surface area contributed by atoms with Crippen LogP contribution in [0.15, 0.2) is 96.6 Å². The van der Waals surface area contributed by atoms with E-state index in [1.54, 1.807) is 18.2 Å². The van der Waals surface area contributed by atoms with Gasteiger partial charge in [0.05, 0.1) is 18.6 Å². The molecule has 0 radical (unpaired) electrons. The number of amides is 1. The average Bonchev–Trinajstić information content (AvgIpc) is 3.03. The molecule has 10 nitrogen and oxygen atoms in total. The molecule has 10 heteroatoms. The maximum absolute atomic E-state index is 12.7. The number of nitro groups is 1. The summed E-state index contributed by atoms with van der Waals surface area (Å²) in [6, 6.07) is 27.8. The Morgan fingerprint density at radius 1 is 0.860 bits per heavy atom. The van der Waals surface area contributed by atoms with Gasteiger partial charge in [0.15, 0.2) is 23.0 Å². The van der Waals surface area contributed by atoms with Gasteiger partial charge in [0, 0.05) is 17.8 Å². The zero-order valence-corrected chi connectivity index (χ0v) is 23.6. The van der Waals surface area contributed by atoms with E-state index in [-0.39, 0.29) is 23.6 Å². The standard InChI is InChI=1S/C33H29N3O7/c1-3-41-32-18-25(13-15-30(32)42-21-23-8-5-4-6-9-23)22-43-29-14-12-24(17-31(29)40-2)16-26(20-34)33(37)35-27-10-7-11-28(19-27)36(38)39/h4-19H,3,21-22H2,1-2H3,(H,35,37)/b26-16-. The number of methoxy groups -OCH3 is 1. The molecule has 0 bridgehead atoms. The largest absolute Gasteiger partial charge is 0.493 e. The van der Waals surface area contributed by atoms with Crippen LogP contribution in [0.4, 0.5) is 11.4 Å². The average molecular weight is 580 g/mol. The molecule has 4 rings (SSSR count). The molecular weight excluding hydrogens is 550 g/mol. The third kappa shape index (κ3) is 8.34. The molecule has 0 saturated heterocycles.